The molecule has 2 aromatic carbocycles. The highest BCUT2D eigenvalue weighted by atomic mass is 32.1. The number of amides is 4. The van der Waals surface area contributed by atoms with E-state index in [1.807, 2.05) is 63.7 Å². The van der Waals surface area contributed by atoms with Crippen LogP contribution in [0.2, 0.25) is 0 Å². The molecule has 0 bridgehead atoms. The third-order valence-electron chi connectivity index (χ3n) is 12.1. The number of nitrogens with one attached hydrogen (secondary N) is 2. The van der Waals surface area contributed by atoms with E-state index < -0.39 is 22.9 Å². The summed E-state index contributed by atoms with van der Waals surface area (Å²) < 4.78 is 0. The van der Waals surface area contributed by atoms with Crippen LogP contribution in [-0.4, -0.2) is 68.6 Å². The van der Waals surface area contributed by atoms with Crippen molar-refractivity contribution >= 4 is 46.3 Å². The molecule has 4 heterocycles. The number of likely N-dealkylation sites (tertiary alicyclic amines) is 2. The van der Waals surface area contributed by atoms with Crippen LogP contribution in [0.3, 0.4) is 0 Å². The van der Waals surface area contributed by atoms with E-state index in [2.05, 4.69) is 59.2 Å². The number of rotatable bonds is 11. The summed E-state index contributed by atoms with van der Waals surface area (Å²) in [6, 6.07) is 15.8. The maximum Gasteiger partial charge on any atom is 0.246 e. The molecule has 12 heteroatoms. The standard InChI is InChI=1S/C46H56N6O4S2/c1-45(2,3)37(49-39(53)31-19-20-31)43(55)51-23-7-9-33(51)41-47-25-35(57-41)29-15-11-27(12-16-29)28-13-17-30(18-14-28)36-26-48-42(58-36)34-10-8-24-52(34)44(56)38(46(4,5)6)50-40(54)32-21-22-32/h11-18,25-26,31-34,37-38H,7-10,19-24H2,1-6H3,(H,49,53)(H,50,54)/t33-,34-,37-,38-/m0/s1. The molecule has 4 aliphatic rings. The van der Waals surface area contributed by atoms with Gasteiger partial charge in [0.15, 0.2) is 0 Å². The van der Waals surface area contributed by atoms with Gasteiger partial charge in [-0.3, -0.25) is 19.2 Å². The van der Waals surface area contributed by atoms with Crippen LogP contribution in [0.15, 0.2) is 60.9 Å². The number of nitrogens with zero attached hydrogens (tertiary/aromatic N) is 4. The van der Waals surface area contributed by atoms with Crippen molar-refractivity contribution in [2.24, 2.45) is 22.7 Å². The van der Waals surface area contributed by atoms with Gasteiger partial charge in [0, 0.05) is 37.3 Å². The molecule has 58 heavy (non-hydrogen) atoms. The molecule has 2 aliphatic heterocycles. The minimum Gasteiger partial charge on any atom is -0.344 e. The van der Waals surface area contributed by atoms with Gasteiger partial charge in [-0.2, -0.15) is 0 Å². The Morgan fingerprint density at radius 1 is 0.569 bits per heavy atom. The van der Waals surface area contributed by atoms with E-state index in [1.54, 1.807) is 22.7 Å². The molecule has 4 amide bonds. The molecule has 4 fully saturated rings. The van der Waals surface area contributed by atoms with Gasteiger partial charge in [-0.1, -0.05) is 90.1 Å². The van der Waals surface area contributed by atoms with Crippen molar-refractivity contribution in [3.63, 3.8) is 0 Å². The fourth-order valence-corrected chi connectivity index (χ4v) is 10.4. The summed E-state index contributed by atoms with van der Waals surface area (Å²) in [7, 11) is 0. The molecule has 4 aromatic rings. The van der Waals surface area contributed by atoms with Gasteiger partial charge in [0.25, 0.3) is 0 Å². The van der Waals surface area contributed by atoms with E-state index in [0.717, 1.165) is 93.4 Å². The first kappa shape index (κ1) is 40.4. The molecular weight excluding hydrogens is 765 g/mol. The Balaban J connectivity index is 0.913. The van der Waals surface area contributed by atoms with E-state index >= 15 is 0 Å². The summed E-state index contributed by atoms with van der Waals surface area (Å²) in [6.45, 7) is 13.4. The third kappa shape index (κ3) is 8.64. The van der Waals surface area contributed by atoms with Gasteiger partial charge in [0.05, 0.1) is 21.8 Å². The minimum atomic E-state index is -0.568. The average Bonchev–Trinajstić information content (AvgIpc) is 3.95. The molecule has 8 rings (SSSR count). The molecule has 2 saturated carbocycles. The molecule has 2 N–H and O–H groups in total. The van der Waals surface area contributed by atoms with Crippen LogP contribution in [0.25, 0.3) is 32.0 Å². The Labute approximate surface area is 350 Å². The second-order valence-electron chi connectivity index (χ2n) is 18.8. The van der Waals surface area contributed by atoms with Gasteiger partial charge in [0.1, 0.15) is 22.1 Å². The van der Waals surface area contributed by atoms with Crippen LogP contribution in [-0.2, 0) is 19.2 Å². The van der Waals surface area contributed by atoms with E-state index in [9.17, 15) is 19.2 Å². The van der Waals surface area contributed by atoms with Crippen molar-refractivity contribution in [2.45, 2.75) is 117 Å². The van der Waals surface area contributed by atoms with Gasteiger partial charge in [-0.15, -0.1) is 22.7 Å². The zero-order valence-corrected chi connectivity index (χ0v) is 36.2. The Hall–Kier alpha value is -4.42. The van der Waals surface area contributed by atoms with E-state index in [4.69, 9.17) is 9.97 Å². The Morgan fingerprint density at radius 2 is 0.914 bits per heavy atom. The van der Waals surface area contributed by atoms with Crippen molar-refractivity contribution < 1.29 is 19.2 Å². The smallest absolute Gasteiger partial charge is 0.246 e. The maximum absolute atomic E-state index is 13.9. The number of hydrogen-bond acceptors (Lipinski definition) is 8. The SMILES string of the molecule is CC(C)(C)[C@@H](NC(=O)C1CC1)C(=O)N1CCC[C@H]1c1ncc(-c2ccc(-c3ccc(-c4cnc([C@@H]5CCCN5C(=O)[C@H](NC(=O)C5CC5)C(C)(C)C)s4)cc3)cc2)s1. The van der Waals surface area contributed by atoms with Crippen LogP contribution in [0.1, 0.15) is 115 Å². The van der Waals surface area contributed by atoms with Gasteiger partial charge >= 0.3 is 0 Å². The van der Waals surface area contributed by atoms with Crippen molar-refractivity contribution in [1.82, 2.24) is 30.4 Å². The highest BCUT2D eigenvalue weighted by Crippen LogP contribution is 2.41. The quantitative estimate of drug-likeness (QED) is 0.156. The zero-order valence-electron chi connectivity index (χ0n) is 34.5. The Bertz CT molecular complexity index is 2000. The number of hydrogen-bond donors (Lipinski definition) is 2. The normalized spacial score (nSPS) is 20.9. The van der Waals surface area contributed by atoms with Crippen LogP contribution in [0.4, 0.5) is 0 Å². The van der Waals surface area contributed by atoms with Crippen molar-refractivity contribution in [3.05, 3.63) is 70.9 Å². The number of carbonyl (C=O) groups excluding carboxylic acids is 4. The van der Waals surface area contributed by atoms with Crippen molar-refractivity contribution in [2.75, 3.05) is 13.1 Å². The summed E-state index contributed by atoms with van der Waals surface area (Å²) in [5.41, 5.74) is 3.59. The Morgan fingerprint density at radius 3 is 1.24 bits per heavy atom. The van der Waals surface area contributed by atoms with E-state index in [-0.39, 0.29) is 47.5 Å². The number of thiazole rings is 2. The maximum atomic E-state index is 13.9. The third-order valence-corrected chi connectivity index (χ3v) is 14.4. The molecule has 2 saturated heterocycles. The fraction of sp³-hybridized carbons (Fsp3) is 0.522. The predicted molar refractivity (Wildman–Crippen MR) is 230 cm³/mol. The predicted octanol–water partition coefficient (Wildman–Crippen LogP) is 8.81. The minimum absolute atomic E-state index is 0.00172. The molecule has 0 spiro atoms. The van der Waals surface area contributed by atoms with Gasteiger partial charge in [-0.25, -0.2) is 9.97 Å². The summed E-state index contributed by atoms with van der Waals surface area (Å²) in [5.74, 6) is 0.0668. The topological polar surface area (TPSA) is 125 Å². The number of benzene rings is 2. The average molecular weight is 821 g/mol. The van der Waals surface area contributed by atoms with Crippen LogP contribution in [0, 0.1) is 22.7 Å². The molecule has 2 aliphatic carbocycles. The summed E-state index contributed by atoms with van der Waals surface area (Å²) in [5, 5.41) is 8.05. The molecule has 0 unspecified atom stereocenters. The van der Waals surface area contributed by atoms with E-state index in [1.165, 1.54) is 0 Å². The monoisotopic (exact) mass is 820 g/mol. The van der Waals surface area contributed by atoms with E-state index in [0.29, 0.717) is 13.1 Å². The second-order valence-corrected chi connectivity index (χ2v) is 20.9. The summed E-state index contributed by atoms with van der Waals surface area (Å²) in [6.07, 6.45) is 11.0. The number of carbonyl (C=O) groups is 4. The first-order valence-corrected chi connectivity index (χ1v) is 22.6. The summed E-state index contributed by atoms with van der Waals surface area (Å²) >= 11 is 3.28. The largest absolute Gasteiger partial charge is 0.344 e. The Kier molecular flexibility index (Phi) is 11.1. The van der Waals surface area contributed by atoms with Crippen LogP contribution in [0.5, 0.6) is 0 Å². The van der Waals surface area contributed by atoms with Gasteiger partial charge < -0.3 is 20.4 Å². The molecular formula is C46H56N6O4S2. The fourth-order valence-electron chi connectivity index (χ4n) is 8.22. The van der Waals surface area contributed by atoms with Crippen LogP contribution >= 0.6 is 22.7 Å². The van der Waals surface area contributed by atoms with Gasteiger partial charge in [0.2, 0.25) is 23.6 Å². The molecule has 306 valence electrons. The van der Waals surface area contributed by atoms with Gasteiger partial charge in [-0.05, 0) is 84.5 Å². The lowest BCUT2D eigenvalue weighted by atomic mass is 9.85. The first-order valence-electron chi connectivity index (χ1n) is 21.0. The molecule has 10 nitrogen and oxygen atoms in total. The van der Waals surface area contributed by atoms with Crippen molar-refractivity contribution in [1.29, 1.82) is 0 Å². The lowest BCUT2D eigenvalue weighted by Crippen LogP contribution is -2.54. The molecule has 0 radical (unpaired) electrons. The van der Waals surface area contributed by atoms with Crippen LogP contribution < -0.4 is 10.6 Å². The first-order chi connectivity index (χ1) is 27.7. The number of aromatic nitrogens is 2. The second kappa shape index (κ2) is 16.0. The lowest BCUT2D eigenvalue weighted by Gasteiger charge is -2.35. The summed E-state index contributed by atoms with van der Waals surface area (Å²) in [4.78, 5) is 69.0. The highest BCUT2D eigenvalue weighted by Gasteiger charge is 2.44. The molecule has 2 aromatic heterocycles. The highest BCUT2D eigenvalue weighted by molar-refractivity contribution is 7.15. The zero-order chi connectivity index (χ0) is 40.9. The van der Waals surface area contributed by atoms with Crippen molar-refractivity contribution in [3.8, 4) is 32.0 Å². The molecule has 4 atom stereocenters. The lowest BCUT2D eigenvalue weighted by molar-refractivity contribution is -0.140.